The lowest BCUT2D eigenvalue weighted by atomic mass is 10.2. The largest absolute Gasteiger partial charge is 0.478 e. The summed E-state index contributed by atoms with van der Waals surface area (Å²) < 4.78 is 5.28. The fourth-order valence-corrected chi connectivity index (χ4v) is 2.11. The van der Waals surface area contributed by atoms with Gasteiger partial charge in [-0.15, -0.1) is 0 Å². The molecule has 0 spiro atoms. The van der Waals surface area contributed by atoms with Crippen molar-refractivity contribution in [3.05, 3.63) is 56.5 Å². The summed E-state index contributed by atoms with van der Waals surface area (Å²) in [5.41, 5.74) is 0.0618. The molecule has 2 N–H and O–H groups in total. The summed E-state index contributed by atoms with van der Waals surface area (Å²) in [4.78, 5) is 21.3. The molecule has 0 saturated heterocycles. The van der Waals surface area contributed by atoms with Gasteiger partial charge in [-0.3, -0.25) is 10.1 Å². The second-order valence-corrected chi connectivity index (χ2v) is 4.64. The average molecular weight is 311 g/mol. The van der Waals surface area contributed by atoms with Crippen molar-refractivity contribution in [2.24, 2.45) is 0 Å². The van der Waals surface area contributed by atoms with Crippen LogP contribution in [0.25, 0.3) is 0 Å². The van der Waals surface area contributed by atoms with E-state index in [9.17, 15) is 14.9 Å². The van der Waals surface area contributed by atoms with Crippen molar-refractivity contribution in [1.29, 1.82) is 0 Å². The second-order valence-electron chi connectivity index (χ2n) is 4.23. The number of para-hydroxylation sites is 1. The Kier molecular flexibility index (Phi) is 4.13. The van der Waals surface area contributed by atoms with Gasteiger partial charge in [0.1, 0.15) is 27.8 Å². The number of anilines is 1. The van der Waals surface area contributed by atoms with E-state index in [4.69, 9.17) is 21.1 Å². The molecule has 0 radical (unpaired) electrons. The maximum atomic E-state index is 11.0. The van der Waals surface area contributed by atoms with Gasteiger partial charge in [0.15, 0.2) is 0 Å². The van der Waals surface area contributed by atoms with Crippen molar-refractivity contribution < 1.29 is 19.2 Å². The number of hydrogen-bond acceptors (Lipinski definition) is 5. The van der Waals surface area contributed by atoms with E-state index in [-0.39, 0.29) is 34.3 Å². The number of nitro groups is 1. The fourth-order valence-electron chi connectivity index (χ4n) is 1.87. The molecule has 1 aromatic carbocycles. The Balaban J connectivity index is 2.21. The Labute approximate surface area is 124 Å². The summed E-state index contributed by atoms with van der Waals surface area (Å²) in [6.45, 7) is 1.64. The summed E-state index contributed by atoms with van der Waals surface area (Å²) in [6, 6.07) is 5.89. The summed E-state index contributed by atoms with van der Waals surface area (Å²) in [6.07, 6.45) is 0. The van der Waals surface area contributed by atoms with Crippen molar-refractivity contribution in [3.8, 4) is 0 Å². The highest BCUT2D eigenvalue weighted by molar-refractivity contribution is 6.33. The molecule has 0 unspecified atom stereocenters. The van der Waals surface area contributed by atoms with Crippen LogP contribution in [0.4, 0.5) is 11.4 Å². The number of benzene rings is 1. The zero-order chi connectivity index (χ0) is 15.6. The maximum Gasteiger partial charge on any atom is 0.339 e. The molecule has 0 aliphatic carbocycles. The van der Waals surface area contributed by atoms with Crippen LogP contribution in [0.2, 0.25) is 5.02 Å². The number of rotatable bonds is 5. The minimum atomic E-state index is -1.09. The molecular formula is C13H11ClN2O5. The van der Waals surface area contributed by atoms with E-state index in [2.05, 4.69) is 5.32 Å². The van der Waals surface area contributed by atoms with E-state index in [0.29, 0.717) is 5.76 Å². The highest BCUT2D eigenvalue weighted by Crippen LogP contribution is 2.32. The monoisotopic (exact) mass is 310 g/mol. The highest BCUT2D eigenvalue weighted by Gasteiger charge is 2.19. The highest BCUT2D eigenvalue weighted by atomic mass is 35.5. The van der Waals surface area contributed by atoms with E-state index >= 15 is 0 Å². The Hall–Kier alpha value is -2.54. The Bertz CT molecular complexity index is 711. The van der Waals surface area contributed by atoms with Crippen LogP contribution in [0.15, 0.2) is 28.7 Å². The molecule has 7 nitrogen and oxygen atoms in total. The molecule has 1 aromatic heterocycles. The molecule has 0 amide bonds. The summed E-state index contributed by atoms with van der Waals surface area (Å²) >= 11 is 5.79. The van der Waals surface area contributed by atoms with E-state index < -0.39 is 10.9 Å². The third-order valence-corrected chi connectivity index (χ3v) is 3.13. The number of nitro benzene ring substituents is 1. The van der Waals surface area contributed by atoms with Gasteiger partial charge in [-0.05, 0) is 25.1 Å². The summed E-state index contributed by atoms with van der Waals surface area (Å²) in [5.74, 6) is -0.449. The molecule has 0 aliphatic rings. The zero-order valence-corrected chi connectivity index (χ0v) is 11.7. The topological polar surface area (TPSA) is 106 Å². The number of carboxylic acids is 1. The van der Waals surface area contributed by atoms with Gasteiger partial charge in [0.05, 0.1) is 11.5 Å². The minimum absolute atomic E-state index is 0.0202. The molecule has 0 saturated carbocycles. The van der Waals surface area contributed by atoms with Gasteiger partial charge in [-0.2, -0.15) is 0 Å². The third-order valence-electron chi connectivity index (χ3n) is 2.82. The lowest BCUT2D eigenvalue weighted by molar-refractivity contribution is -0.383. The van der Waals surface area contributed by atoms with Gasteiger partial charge in [-0.1, -0.05) is 17.7 Å². The van der Waals surface area contributed by atoms with E-state index in [0.717, 1.165) is 0 Å². The number of nitrogens with zero attached hydrogens (tertiary/aromatic N) is 1. The van der Waals surface area contributed by atoms with Gasteiger partial charge < -0.3 is 14.8 Å². The molecule has 2 rings (SSSR count). The van der Waals surface area contributed by atoms with Crippen LogP contribution >= 0.6 is 11.6 Å². The smallest absolute Gasteiger partial charge is 0.339 e. The van der Waals surface area contributed by atoms with E-state index in [1.807, 2.05) is 0 Å². The summed E-state index contributed by atoms with van der Waals surface area (Å²) in [5, 5.41) is 22.8. The molecule has 2 aromatic rings. The average Bonchev–Trinajstić information content (AvgIpc) is 2.77. The van der Waals surface area contributed by atoms with Gasteiger partial charge in [-0.25, -0.2) is 4.79 Å². The van der Waals surface area contributed by atoms with E-state index in [1.54, 1.807) is 6.07 Å². The maximum absolute atomic E-state index is 11.0. The first-order chi connectivity index (χ1) is 9.90. The van der Waals surface area contributed by atoms with Crippen LogP contribution in [0.5, 0.6) is 0 Å². The van der Waals surface area contributed by atoms with Crippen molar-refractivity contribution >= 4 is 28.9 Å². The van der Waals surface area contributed by atoms with Crippen molar-refractivity contribution in [3.63, 3.8) is 0 Å². The SMILES string of the molecule is Cc1oc(CNc2cccc(Cl)c2[N+](=O)[O-])cc1C(=O)O. The van der Waals surface area contributed by atoms with Gasteiger partial charge in [0.25, 0.3) is 0 Å². The molecule has 1 heterocycles. The predicted octanol–water partition coefficient (Wildman–Crippen LogP) is 3.46. The summed E-state index contributed by atoms with van der Waals surface area (Å²) in [7, 11) is 0. The fraction of sp³-hybridized carbons (Fsp3) is 0.154. The molecule has 0 fully saturated rings. The van der Waals surface area contributed by atoms with Crippen molar-refractivity contribution in [2.45, 2.75) is 13.5 Å². The van der Waals surface area contributed by atoms with Gasteiger partial charge in [0.2, 0.25) is 0 Å². The molecule has 0 aliphatic heterocycles. The first-order valence-corrected chi connectivity index (χ1v) is 6.27. The normalized spacial score (nSPS) is 10.4. The van der Waals surface area contributed by atoms with Gasteiger partial charge in [0, 0.05) is 0 Å². The number of halogens is 1. The Morgan fingerprint density at radius 3 is 2.81 bits per heavy atom. The Morgan fingerprint density at radius 2 is 2.24 bits per heavy atom. The molecular weight excluding hydrogens is 300 g/mol. The number of carboxylic acid groups (broad SMARTS) is 1. The minimum Gasteiger partial charge on any atom is -0.478 e. The molecule has 0 bridgehead atoms. The third kappa shape index (κ3) is 3.14. The number of aromatic carboxylic acids is 1. The predicted molar refractivity (Wildman–Crippen MR) is 75.8 cm³/mol. The van der Waals surface area contributed by atoms with Crippen LogP contribution in [0.1, 0.15) is 21.9 Å². The lowest BCUT2D eigenvalue weighted by Gasteiger charge is -2.06. The van der Waals surface area contributed by atoms with Crippen LogP contribution in [-0.2, 0) is 6.54 Å². The number of nitrogens with one attached hydrogen (secondary N) is 1. The molecule has 8 heteroatoms. The van der Waals surface area contributed by atoms with Crippen LogP contribution < -0.4 is 5.32 Å². The quantitative estimate of drug-likeness (QED) is 0.647. The van der Waals surface area contributed by atoms with Crippen LogP contribution in [0.3, 0.4) is 0 Å². The number of aryl methyl sites for hydroxylation is 1. The molecule has 110 valence electrons. The van der Waals surface area contributed by atoms with Gasteiger partial charge >= 0.3 is 11.7 Å². The second kappa shape index (κ2) is 5.84. The zero-order valence-electron chi connectivity index (χ0n) is 10.9. The van der Waals surface area contributed by atoms with Crippen LogP contribution in [0, 0.1) is 17.0 Å². The van der Waals surface area contributed by atoms with Crippen molar-refractivity contribution in [2.75, 3.05) is 5.32 Å². The number of furan rings is 1. The van der Waals surface area contributed by atoms with E-state index in [1.165, 1.54) is 25.1 Å². The number of hydrogen-bond donors (Lipinski definition) is 2. The first kappa shape index (κ1) is 14.9. The first-order valence-electron chi connectivity index (χ1n) is 5.89. The van der Waals surface area contributed by atoms with Crippen molar-refractivity contribution in [1.82, 2.24) is 0 Å². The molecule has 0 atom stereocenters. The van der Waals surface area contributed by atoms with Crippen LogP contribution in [-0.4, -0.2) is 16.0 Å². The lowest BCUT2D eigenvalue weighted by Crippen LogP contribution is -2.02. The Morgan fingerprint density at radius 1 is 1.52 bits per heavy atom. The number of carbonyl (C=O) groups is 1. The molecule has 21 heavy (non-hydrogen) atoms. The standard InChI is InChI=1S/C13H11ClN2O5/c1-7-9(13(17)18)5-8(21-7)6-15-11-4-2-3-10(14)12(11)16(19)20/h2-5,15H,6H2,1H3,(H,17,18).